The molecule has 1 unspecified atom stereocenters. The van der Waals surface area contributed by atoms with Gasteiger partial charge in [0.2, 0.25) is 0 Å². The molecule has 1 amide bonds. The fourth-order valence-electron chi connectivity index (χ4n) is 1.80. The number of nitrogens with one attached hydrogen (secondary N) is 1. The van der Waals surface area contributed by atoms with E-state index < -0.39 is 5.97 Å². The van der Waals surface area contributed by atoms with Gasteiger partial charge in [-0.15, -0.1) is 0 Å². The molecule has 1 heterocycles. The molecule has 2 rings (SSSR count). The topological polar surface area (TPSA) is 72.9 Å². The number of anilines is 1. The zero-order chi connectivity index (χ0) is 14.7. The summed E-state index contributed by atoms with van der Waals surface area (Å²) in [6.07, 6.45) is 0.945. The Morgan fingerprint density at radius 3 is 2.60 bits per heavy atom. The highest BCUT2D eigenvalue weighted by Crippen LogP contribution is 2.36. The third-order valence-corrected chi connectivity index (χ3v) is 3.65. The van der Waals surface area contributed by atoms with Gasteiger partial charge in [0.25, 0.3) is 5.91 Å². The predicted octanol–water partition coefficient (Wildman–Crippen LogP) is 1.08. The first-order valence-electron chi connectivity index (χ1n) is 5.92. The van der Waals surface area contributed by atoms with Crippen LogP contribution < -0.4 is 10.3 Å². The Bertz CT molecular complexity index is 545. The van der Waals surface area contributed by atoms with Gasteiger partial charge in [0.15, 0.2) is 5.50 Å². The molecule has 1 saturated heterocycles. The normalized spacial score (nSPS) is 20.9. The summed E-state index contributed by atoms with van der Waals surface area (Å²) in [6.45, 7) is 0. The fraction of sp³-hybridized carbons (Fsp3) is 0.231. The molecule has 0 radical (unpaired) electrons. The van der Waals surface area contributed by atoms with E-state index in [-0.39, 0.29) is 16.3 Å². The first kappa shape index (κ1) is 14.6. The van der Waals surface area contributed by atoms with Crippen molar-refractivity contribution in [3.8, 4) is 0 Å². The molecule has 2 N–H and O–H groups in total. The first-order valence-corrected chi connectivity index (χ1v) is 6.80. The summed E-state index contributed by atoms with van der Waals surface area (Å²) in [5, 5.41) is 10.6. The van der Waals surface area contributed by atoms with Gasteiger partial charge in [-0.1, -0.05) is 30.0 Å². The standard InChI is InChI=1S/C13H15N3O3S/c1-15(2)14-13-16(9-6-4-3-5-7-9)12(19)10(20-13)8-11(17)18/h3-8,13-14H,1-2H3,(H,17,18). The van der Waals surface area contributed by atoms with E-state index in [1.165, 1.54) is 11.8 Å². The van der Waals surface area contributed by atoms with Crippen molar-refractivity contribution in [2.45, 2.75) is 5.50 Å². The van der Waals surface area contributed by atoms with Crippen LogP contribution in [0.2, 0.25) is 0 Å². The molecule has 0 aromatic heterocycles. The Hall–Kier alpha value is -1.83. The van der Waals surface area contributed by atoms with Crippen molar-refractivity contribution >= 4 is 29.3 Å². The molecule has 1 atom stereocenters. The van der Waals surface area contributed by atoms with Crippen LogP contribution in [0, 0.1) is 0 Å². The van der Waals surface area contributed by atoms with Crippen molar-refractivity contribution in [1.82, 2.24) is 10.4 Å². The number of carboxylic acids is 1. The van der Waals surface area contributed by atoms with E-state index in [4.69, 9.17) is 5.11 Å². The van der Waals surface area contributed by atoms with Gasteiger partial charge in [0.1, 0.15) is 0 Å². The Kier molecular flexibility index (Phi) is 4.43. The molecule has 0 aliphatic carbocycles. The molecule has 1 aromatic rings. The fourth-order valence-corrected chi connectivity index (χ4v) is 3.00. The minimum absolute atomic E-state index is 0.209. The van der Waals surface area contributed by atoms with Gasteiger partial charge in [0, 0.05) is 25.9 Å². The third kappa shape index (κ3) is 3.19. The maximum Gasteiger partial charge on any atom is 0.329 e. The number of hydrogen-bond acceptors (Lipinski definition) is 5. The molecule has 1 fully saturated rings. The van der Waals surface area contributed by atoms with Gasteiger partial charge in [-0.3, -0.25) is 9.69 Å². The lowest BCUT2D eigenvalue weighted by Gasteiger charge is -2.26. The number of aliphatic carboxylic acids is 1. The molecule has 1 aliphatic heterocycles. The summed E-state index contributed by atoms with van der Waals surface area (Å²) in [4.78, 5) is 24.9. The summed E-state index contributed by atoms with van der Waals surface area (Å²) >= 11 is 1.18. The minimum atomic E-state index is -1.13. The maximum atomic E-state index is 12.3. The zero-order valence-electron chi connectivity index (χ0n) is 11.1. The molecular weight excluding hydrogens is 278 g/mol. The molecule has 106 valence electrons. The van der Waals surface area contributed by atoms with E-state index in [1.54, 1.807) is 9.91 Å². The van der Waals surface area contributed by atoms with E-state index in [2.05, 4.69) is 5.43 Å². The van der Waals surface area contributed by atoms with Crippen LogP contribution in [0.25, 0.3) is 0 Å². The summed E-state index contributed by atoms with van der Waals surface area (Å²) in [5.41, 5.74) is 3.44. The number of carboxylic acid groups (broad SMARTS) is 1. The van der Waals surface area contributed by atoms with Crippen LogP contribution in [0.3, 0.4) is 0 Å². The highest BCUT2D eigenvalue weighted by molar-refractivity contribution is 8.05. The van der Waals surface area contributed by atoms with Crippen molar-refractivity contribution in [3.63, 3.8) is 0 Å². The number of thioether (sulfide) groups is 1. The monoisotopic (exact) mass is 293 g/mol. The molecule has 20 heavy (non-hydrogen) atoms. The lowest BCUT2D eigenvalue weighted by atomic mass is 10.3. The lowest BCUT2D eigenvalue weighted by molar-refractivity contribution is -0.131. The summed E-state index contributed by atoms with van der Waals surface area (Å²) in [5.74, 6) is -1.44. The highest BCUT2D eigenvalue weighted by atomic mass is 32.2. The maximum absolute atomic E-state index is 12.3. The predicted molar refractivity (Wildman–Crippen MR) is 77.8 cm³/mol. The second-order valence-electron chi connectivity index (χ2n) is 4.35. The van der Waals surface area contributed by atoms with Crippen LogP contribution in [0.4, 0.5) is 5.69 Å². The Morgan fingerprint density at radius 1 is 1.40 bits per heavy atom. The lowest BCUT2D eigenvalue weighted by Crippen LogP contribution is -2.47. The van der Waals surface area contributed by atoms with E-state index in [1.807, 2.05) is 44.4 Å². The summed E-state index contributed by atoms with van der Waals surface area (Å²) in [6, 6.07) is 9.15. The van der Waals surface area contributed by atoms with Crippen molar-refractivity contribution in [2.24, 2.45) is 0 Å². The summed E-state index contributed by atoms with van der Waals surface area (Å²) in [7, 11) is 3.63. The molecule has 0 saturated carbocycles. The van der Waals surface area contributed by atoms with Crippen LogP contribution in [0.1, 0.15) is 0 Å². The minimum Gasteiger partial charge on any atom is -0.478 e. The van der Waals surface area contributed by atoms with Crippen molar-refractivity contribution in [3.05, 3.63) is 41.3 Å². The van der Waals surface area contributed by atoms with Gasteiger partial charge in [-0.05, 0) is 12.1 Å². The van der Waals surface area contributed by atoms with Crippen molar-refractivity contribution < 1.29 is 14.7 Å². The number of carbonyl (C=O) groups excluding carboxylic acids is 1. The molecular formula is C13H15N3O3S. The molecule has 1 aromatic carbocycles. The smallest absolute Gasteiger partial charge is 0.329 e. The number of carbonyl (C=O) groups is 2. The van der Waals surface area contributed by atoms with Gasteiger partial charge >= 0.3 is 5.97 Å². The number of hydrogen-bond donors (Lipinski definition) is 2. The second-order valence-corrected chi connectivity index (χ2v) is 5.47. The average molecular weight is 293 g/mol. The molecule has 0 bridgehead atoms. The Balaban J connectivity index is 2.34. The van der Waals surface area contributed by atoms with E-state index in [0.717, 1.165) is 11.8 Å². The third-order valence-electron chi connectivity index (χ3n) is 2.56. The number of hydrazine groups is 1. The molecule has 0 spiro atoms. The second kappa shape index (κ2) is 6.08. The Morgan fingerprint density at radius 2 is 2.05 bits per heavy atom. The van der Waals surface area contributed by atoms with Crippen LogP contribution in [0.15, 0.2) is 41.3 Å². The van der Waals surface area contributed by atoms with Crippen LogP contribution in [-0.2, 0) is 9.59 Å². The van der Waals surface area contributed by atoms with Gasteiger partial charge < -0.3 is 5.11 Å². The number of nitrogens with zero attached hydrogens (tertiary/aromatic N) is 2. The SMILES string of the molecule is CN(C)NC1SC(=CC(=O)O)C(=O)N1c1ccccc1. The quantitative estimate of drug-likeness (QED) is 0.639. The summed E-state index contributed by atoms with van der Waals surface area (Å²) < 4.78 is 0. The van der Waals surface area contributed by atoms with Crippen LogP contribution in [-0.4, -0.2) is 41.6 Å². The van der Waals surface area contributed by atoms with E-state index in [9.17, 15) is 9.59 Å². The molecule has 7 heteroatoms. The van der Waals surface area contributed by atoms with Crippen LogP contribution >= 0.6 is 11.8 Å². The highest BCUT2D eigenvalue weighted by Gasteiger charge is 2.37. The zero-order valence-corrected chi connectivity index (χ0v) is 11.9. The van der Waals surface area contributed by atoms with E-state index in [0.29, 0.717) is 0 Å². The van der Waals surface area contributed by atoms with E-state index >= 15 is 0 Å². The van der Waals surface area contributed by atoms with Gasteiger partial charge in [-0.2, -0.15) is 0 Å². The number of rotatable bonds is 4. The van der Waals surface area contributed by atoms with Crippen molar-refractivity contribution in [1.29, 1.82) is 0 Å². The van der Waals surface area contributed by atoms with Crippen LogP contribution in [0.5, 0.6) is 0 Å². The van der Waals surface area contributed by atoms with Crippen molar-refractivity contribution in [2.75, 3.05) is 19.0 Å². The van der Waals surface area contributed by atoms with Gasteiger partial charge in [-0.25, -0.2) is 15.2 Å². The number of amides is 1. The van der Waals surface area contributed by atoms with Gasteiger partial charge in [0.05, 0.1) is 4.91 Å². The largest absolute Gasteiger partial charge is 0.478 e. The number of benzene rings is 1. The molecule has 1 aliphatic rings. The Labute approximate surface area is 121 Å². The molecule has 6 nitrogen and oxygen atoms in total. The number of para-hydroxylation sites is 1. The first-order chi connectivity index (χ1) is 9.49. The average Bonchev–Trinajstić information content (AvgIpc) is 2.65.